The van der Waals surface area contributed by atoms with Gasteiger partial charge in [-0.25, -0.2) is 9.78 Å². The largest absolute Gasteiger partial charge is 0.476 e. The van der Waals surface area contributed by atoms with Gasteiger partial charge >= 0.3 is 5.97 Å². The van der Waals surface area contributed by atoms with Gasteiger partial charge in [0.15, 0.2) is 5.69 Å². The maximum absolute atomic E-state index is 10.9. The van der Waals surface area contributed by atoms with Crippen molar-refractivity contribution in [3.63, 3.8) is 0 Å². The van der Waals surface area contributed by atoms with Crippen LogP contribution in [0.5, 0.6) is 0 Å². The highest BCUT2D eigenvalue weighted by Crippen LogP contribution is 2.17. The maximum Gasteiger partial charge on any atom is 0.355 e. The molecule has 1 aromatic heterocycles. The number of carbonyl (C=O) groups is 1. The van der Waals surface area contributed by atoms with Crippen LogP contribution in [0.3, 0.4) is 0 Å². The van der Waals surface area contributed by atoms with Crippen molar-refractivity contribution in [1.82, 2.24) is 10.3 Å². The van der Waals surface area contributed by atoms with Gasteiger partial charge in [-0.1, -0.05) is 30.3 Å². The molecule has 0 amide bonds. The van der Waals surface area contributed by atoms with E-state index in [1.807, 2.05) is 6.07 Å². The van der Waals surface area contributed by atoms with Crippen LogP contribution >= 0.6 is 11.3 Å². The number of carboxylic acid groups (broad SMARTS) is 1. The first-order valence-electron chi connectivity index (χ1n) is 6.61. The van der Waals surface area contributed by atoms with Gasteiger partial charge in [0.25, 0.3) is 0 Å². The van der Waals surface area contributed by atoms with Crippen LogP contribution in [0.15, 0.2) is 30.3 Å². The second-order valence-electron chi connectivity index (χ2n) is 4.58. The molecule has 2 aromatic rings. The average Bonchev–Trinajstić information content (AvgIpc) is 2.81. The minimum absolute atomic E-state index is 0.177. The van der Waals surface area contributed by atoms with Crippen LogP contribution in [0.25, 0.3) is 0 Å². The van der Waals surface area contributed by atoms with E-state index in [0.29, 0.717) is 6.54 Å². The quantitative estimate of drug-likeness (QED) is 0.770. The van der Waals surface area contributed by atoms with Gasteiger partial charge in [-0.2, -0.15) is 0 Å². The van der Waals surface area contributed by atoms with Gasteiger partial charge in [-0.3, -0.25) is 0 Å². The summed E-state index contributed by atoms with van der Waals surface area (Å²) in [5.41, 5.74) is 1.52. The molecule has 0 unspecified atom stereocenters. The smallest absolute Gasteiger partial charge is 0.355 e. The molecule has 0 fully saturated rings. The molecular weight excluding hydrogens is 272 g/mol. The highest BCUT2D eigenvalue weighted by atomic mass is 32.1. The number of benzene rings is 1. The molecule has 2 N–H and O–H groups in total. The molecule has 0 aliphatic rings. The Balaban J connectivity index is 1.71. The lowest BCUT2D eigenvalue weighted by Gasteiger charge is -2.03. The molecule has 0 saturated heterocycles. The van der Waals surface area contributed by atoms with E-state index in [0.717, 1.165) is 29.3 Å². The number of nitrogens with zero attached hydrogens (tertiary/aromatic N) is 1. The summed E-state index contributed by atoms with van der Waals surface area (Å²) in [6, 6.07) is 10.4. The number of hydrogen-bond acceptors (Lipinski definition) is 4. The molecule has 5 heteroatoms. The SMILES string of the molecule is Cc1sc(CNCCCc2ccccc2)nc1C(=O)O. The summed E-state index contributed by atoms with van der Waals surface area (Å²) in [6.45, 7) is 3.32. The monoisotopic (exact) mass is 290 g/mol. The third-order valence-corrected chi connectivity index (χ3v) is 3.95. The van der Waals surface area contributed by atoms with Gasteiger partial charge in [-0.15, -0.1) is 11.3 Å². The minimum Gasteiger partial charge on any atom is -0.476 e. The highest BCUT2D eigenvalue weighted by Gasteiger charge is 2.13. The van der Waals surface area contributed by atoms with E-state index in [4.69, 9.17) is 5.11 Å². The van der Waals surface area contributed by atoms with Crippen LogP contribution in [0.2, 0.25) is 0 Å². The van der Waals surface area contributed by atoms with Gasteiger partial charge < -0.3 is 10.4 Å². The van der Waals surface area contributed by atoms with Crippen LogP contribution in [-0.4, -0.2) is 22.6 Å². The summed E-state index contributed by atoms with van der Waals surface area (Å²) in [4.78, 5) is 15.8. The van der Waals surface area contributed by atoms with Crippen molar-refractivity contribution in [3.05, 3.63) is 51.5 Å². The number of thiazole rings is 1. The Bertz CT molecular complexity index is 567. The van der Waals surface area contributed by atoms with Crippen molar-refractivity contribution in [2.45, 2.75) is 26.3 Å². The topological polar surface area (TPSA) is 62.2 Å². The summed E-state index contributed by atoms with van der Waals surface area (Å²) in [6.07, 6.45) is 2.10. The van der Waals surface area contributed by atoms with Gasteiger partial charge in [0.05, 0.1) is 0 Å². The van der Waals surface area contributed by atoms with Gasteiger partial charge in [0, 0.05) is 11.4 Å². The fourth-order valence-electron chi connectivity index (χ4n) is 1.98. The number of hydrogen-bond donors (Lipinski definition) is 2. The van der Waals surface area contributed by atoms with E-state index < -0.39 is 5.97 Å². The Morgan fingerprint density at radius 1 is 1.35 bits per heavy atom. The first kappa shape index (κ1) is 14.7. The van der Waals surface area contributed by atoms with Crippen molar-refractivity contribution in [2.24, 2.45) is 0 Å². The van der Waals surface area contributed by atoms with Crippen LogP contribution in [0.4, 0.5) is 0 Å². The minimum atomic E-state index is -0.950. The summed E-state index contributed by atoms with van der Waals surface area (Å²) in [5, 5.41) is 13.1. The Kier molecular flexibility index (Phi) is 5.26. The molecule has 0 aliphatic heterocycles. The van der Waals surface area contributed by atoms with Crippen molar-refractivity contribution in [3.8, 4) is 0 Å². The van der Waals surface area contributed by atoms with Crippen LogP contribution in [0, 0.1) is 6.92 Å². The van der Waals surface area contributed by atoms with E-state index in [1.165, 1.54) is 16.9 Å². The summed E-state index contributed by atoms with van der Waals surface area (Å²) >= 11 is 1.44. The van der Waals surface area contributed by atoms with Crippen LogP contribution < -0.4 is 5.32 Å². The number of carboxylic acids is 1. The van der Waals surface area contributed by atoms with Gasteiger partial charge in [0.2, 0.25) is 0 Å². The predicted octanol–water partition coefficient (Wildman–Crippen LogP) is 2.87. The maximum atomic E-state index is 10.9. The Labute approximate surface area is 122 Å². The molecule has 0 saturated carbocycles. The second-order valence-corrected chi connectivity index (χ2v) is 5.87. The molecule has 1 heterocycles. The lowest BCUT2D eigenvalue weighted by Crippen LogP contribution is -2.15. The molecule has 0 radical (unpaired) electrons. The standard InChI is InChI=1S/C15H18N2O2S/c1-11-14(15(18)19)17-13(20-11)10-16-9-5-8-12-6-3-2-4-7-12/h2-4,6-7,16H,5,8-10H2,1H3,(H,18,19). The molecule has 106 valence electrons. The van der Waals surface area contributed by atoms with Crippen molar-refractivity contribution in [2.75, 3.05) is 6.54 Å². The molecule has 0 spiro atoms. The Hall–Kier alpha value is -1.72. The van der Waals surface area contributed by atoms with E-state index in [1.54, 1.807) is 6.92 Å². The van der Waals surface area contributed by atoms with E-state index in [-0.39, 0.29) is 5.69 Å². The Morgan fingerprint density at radius 2 is 2.10 bits per heavy atom. The molecule has 4 nitrogen and oxygen atoms in total. The molecule has 20 heavy (non-hydrogen) atoms. The number of aromatic carboxylic acids is 1. The Morgan fingerprint density at radius 3 is 2.75 bits per heavy atom. The second kappa shape index (κ2) is 7.17. The van der Waals surface area contributed by atoms with Crippen LogP contribution in [0.1, 0.15) is 32.4 Å². The van der Waals surface area contributed by atoms with E-state index >= 15 is 0 Å². The molecular formula is C15H18N2O2S. The van der Waals surface area contributed by atoms with Crippen molar-refractivity contribution >= 4 is 17.3 Å². The number of aromatic nitrogens is 1. The third kappa shape index (κ3) is 4.15. The summed E-state index contributed by atoms with van der Waals surface area (Å²) < 4.78 is 0. The zero-order valence-electron chi connectivity index (χ0n) is 11.4. The molecule has 1 aromatic carbocycles. The molecule has 2 rings (SSSR count). The zero-order valence-corrected chi connectivity index (χ0v) is 12.2. The van der Waals surface area contributed by atoms with Crippen molar-refractivity contribution < 1.29 is 9.90 Å². The average molecular weight is 290 g/mol. The molecule has 0 aliphatic carbocycles. The summed E-state index contributed by atoms with van der Waals surface area (Å²) in [5.74, 6) is -0.950. The fourth-order valence-corrected chi connectivity index (χ4v) is 2.88. The first-order valence-corrected chi connectivity index (χ1v) is 7.42. The first-order chi connectivity index (χ1) is 9.66. The lowest BCUT2D eigenvalue weighted by atomic mass is 10.1. The van der Waals surface area contributed by atoms with E-state index in [2.05, 4.69) is 34.6 Å². The molecule has 0 atom stereocenters. The zero-order chi connectivity index (χ0) is 14.4. The highest BCUT2D eigenvalue weighted by molar-refractivity contribution is 7.11. The van der Waals surface area contributed by atoms with Crippen LogP contribution in [-0.2, 0) is 13.0 Å². The predicted molar refractivity (Wildman–Crippen MR) is 80.3 cm³/mol. The normalized spacial score (nSPS) is 10.7. The van der Waals surface area contributed by atoms with Gasteiger partial charge in [-0.05, 0) is 31.9 Å². The third-order valence-electron chi connectivity index (χ3n) is 2.98. The lowest BCUT2D eigenvalue weighted by molar-refractivity contribution is 0.0690. The molecule has 0 bridgehead atoms. The number of nitrogens with one attached hydrogen (secondary N) is 1. The number of rotatable bonds is 7. The number of aryl methyl sites for hydroxylation is 2. The van der Waals surface area contributed by atoms with Crippen molar-refractivity contribution in [1.29, 1.82) is 0 Å². The van der Waals surface area contributed by atoms with E-state index in [9.17, 15) is 4.79 Å². The van der Waals surface area contributed by atoms with Gasteiger partial charge in [0.1, 0.15) is 5.01 Å². The fraction of sp³-hybridized carbons (Fsp3) is 0.333. The summed E-state index contributed by atoms with van der Waals surface area (Å²) in [7, 11) is 0.